The first kappa shape index (κ1) is 14.4. The number of benzene rings is 2. The summed E-state index contributed by atoms with van der Waals surface area (Å²) in [6.45, 7) is 0.646. The molecular formula is C19H18N2OS. The van der Waals surface area contributed by atoms with Crippen molar-refractivity contribution in [1.29, 1.82) is 0 Å². The van der Waals surface area contributed by atoms with E-state index in [2.05, 4.69) is 28.5 Å². The largest absolute Gasteiger partial charge is 0.355 e. The molecule has 2 aromatic carbocycles. The van der Waals surface area contributed by atoms with Crippen LogP contribution in [-0.4, -0.2) is 17.4 Å². The maximum atomic E-state index is 12.6. The van der Waals surface area contributed by atoms with Crippen molar-refractivity contribution in [2.24, 2.45) is 0 Å². The summed E-state index contributed by atoms with van der Waals surface area (Å²) >= 11 is 1.71. The highest BCUT2D eigenvalue weighted by atomic mass is 32.1. The molecule has 1 aliphatic rings. The molecule has 3 nitrogen and oxygen atoms in total. The van der Waals surface area contributed by atoms with E-state index in [1.807, 2.05) is 36.4 Å². The van der Waals surface area contributed by atoms with Crippen molar-refractivity contribution in [3.8, 4) is 0 Å². The number of hydrogen-bond donors (Lipinski definition) is 1. The second kappa shape index (κ2) is 5.78. The van der Waals surface area contributed by atoms with Crippen LogP contribution in [0.2, 0.25) is 0 Å². The molecule has 0 radical (unpaired) electrons. The van der Waals surface area contributed by atoms with E-state index in [-0.39, 0.29) is 11.3 Å². The second-order valence-electron chi connectivity index (χ2n) is 6.03. The van der Waals surface area contributed by atoms with Crippen molar-refractivity contribution in [2.75, 3.05) is 6.54 Å². The maximum absolute atomic E-state index is 12.6. The van der Waals surface area contributed by atoms with Gasteiger partial charge in [-0.3, -0.25) is 4.79 Å². The van der Waals surface area contributed by atoms with Gasteiger partial charge in [-0.15, -0.1) is 11.3 Å². The number of fused-ring (bicyclic) bond motifs is 1. The van der Waals surface area contributed by atoms with Crippen molar-refractivity contribution in [3.63, 3.8) is 0 Å². The Bertz CT molecular complexity index is 804. The zero-order valence-corrected chi connectivity index (χ0v) is 13.6. The van der Waals surface area contributed by atoms with Gasteiger partial charge in [0, 0.05) is 13.0 Å². The molecule has 116 valence electrons. The molecule has 0 saturated heterocycles. The van der Waals surface area contributed by atoms with E-state index in [4.69, 9.17) is 0 Å². The Labute approximate surface area is 139 Å². The third kappa shape index (κ3) is 2.75. The first-order valence-electron chi connectivity index (χ1n) is 7.96. The van der Waals surface area contributed by atoms with Crippen LogP contribution in [0.25, 0.3) is 10.2 Å². The Balaban J connectivity index is 1.39. The molecule has 1 fully saturated rings. The number of amides is 1. The van der Waals surface area contributed by atoms with Crippen LogP contribution in [0.5, 0.6) is 0 Å². The highest BCUT2D eigenvalue weighted by Gasteiger charge is 2.50. The SMILES string of the molecule is O=C(NCCc1nc2ccccc2s1)C1(c2ccccc2)CC1. The number of rotatable bonds is 5. The first-order chi connectivity index (χ1) is 11.3. The van der Waals surface area contributed by atoms with Gasteiger partial charge in [-0.25, -0.2) is 4.98 Å². The third-order valence-electron chi connectivity index (χ3n) is 4.47. The Hall–Kier alpha value is -2.20. The van der Waals surface area contributed by atoms with Crippen molar-refractivity contribution < 1.29 is 4.79 Å². The fourth-order valence-electron chi connectivity index (χ4n) is 3.01. The van der Waals surface area contributed by atoms with Crippen molar-refractivity contribution in [1.82, 2.24) is 10.3 Å². The minimum absolute atomic E-state index is 0.157. The summed E-state index contributed by atoms with van der Waals surface area (Å²) in [6, 6.07) is 18.3. The van der Waals surface area contributed by atoms with Crippen LogP contribution >= 0.6 is 11.3 Å². The van der Waals surface area contributed by atoms with Gasteiger partial charge in [0.25, 0.3) is 0 Å². The van der Waals surface area contributed by atoms with Gasteiger partial charge in [0.1, 0.15) is 0 Å². The van der Waals surface area contributed by atoms with Crippen LogP contribution in [-0.2, 0) is 16.6 Å². The van der Waals surface area contributed by atoms with Gasteiger partial charge in [-0.1, -0.05) is 42.5 Å². The summed E-state index contributed by atoms with van der Waals surface area (Å²) in [5.41, 5.74) is 1.90. The lowest BCUT2D eigenvalue weighted by molar-refractivity contribution is -0.123. The Morgan fingerprint density at radius 1 is 1.09 bits per heavy atom. The summed E-state index contributed by atoms with van der Waals surface area (Å²) in [5, 5.41) is 4.18. The molecule has 4 rings (SSSR count). The molecule has 3 aromatic rings. The van der Waals surface area contributed by atoms with Crippen LogP contribution in [0.15, 0.2) is 54.6 Å². The molecule has 23 heavy (non-hydrogen) atoms. The molecule has 1 saturated carbocycles. The minimum atomic E-state index is -0.283. The zero-order valence-electron chi connectivity index (χ0n) is 12.8. The minimum Gasteiger partial charge on any atom is -0.355 e. The van der Waals surface area contributed by atoms with E-state index < -0.39 is 0 Å². The van der Waals surface area contributed by atoms with Gasteiger partial charge in [-0.05, 0) is 30.5 Å². The molecule has 1 N–H and O–H groups in total. The van der Waals surface area contributed by atoms with E-state index in [9.17, 15) is 4.79 Å². The Morgan fingerprint density at radius 3 is 2.57 bits per heavy atom. The molecule has 1 amide bonds. The third-order valence-corrected chi connectivity index (χ3v) is 5.57. The number of nitrogens with one attached hydrogen (secondary N) is 1. The predicted octanol–water partition coefficient (Wildman–Crippen LogP) is 3.69. The quantitative estimate of drug-likeness (QED) is 0.778. The number of para-hydroxylation sites is 1. The van der Waals surface area contributed by atoms with Gasteiger partial charge >= 0.3 is 0 Å². The summed E-state index contributed by atoms with van der Waals surface area (Å²) in [5.74, 6) is 0.157. The maximum Gasteiger partial charge on any atom is 0.230 e. The van der Waals surface area contributed by atoms with Crippen LogP contribution in [0.3, 0.4) is 0 Å². The molecule has 0 unspecified atom stereocenters. The average Bonchev–Trinajstić information content (AvgIpc) is 3.30. The lowest BCUT2D eigenvalue weighted by Gasteiger charge is -2.15. The lowest BCUT2D eigenvalue weighted by Crippen LogP contribution is -2.35. The molecule has 0 atom stereocenters. The number of nitrogens with zero attached hydrogens (tertiary/aromatic N) is 1. The van der Waals surface area contributed by atoms with E-state index in [0.717, 1.165) is 35.4 Å². The molecule has 0 bridgehead atoms. The zero-order chi connectivity index (χ0) is 15.7. The predicted molar refractivity (Wildman–Crippen MR) is 93.7 cm³/mol. The smallest absolute Gasteiger partial charge is 0.230 e. The highest BCUT2D eigenvalue weighted by molar-refractivity contribution is 7.18. The fraction of sp³-hybridized carbons (Fsp3) is 0.263. The number of carbonyl (C=O) groups excluding carboxylic acids is 1. The van der Waals surface area contributed by atoms with Crippen LogP contribution in [0.4, 0.5) is 0 Å². The monoisotopic (exact) mass is 322 g/mol. The van der Waals surface area contributed by atoms with Crippen molar-refractivity contribution >= 4 is 27.5 Å². The van der Waals surface area contributed by atoms with Gasteiger partial charge in [-0.2, -0.15) is 0 Å². The summed E-state index contributed by atoms with van der Waals surface area (Å²) < 4.78 is 1.21. The molecule has 0 spiro atoms. The lowest BCUT2D eigenvalue weighted by atomic mass is 9.95. The van der Waals surface area contributed by atoms with Gasteiger partial charge in [0.15, 0.2) is 0 Å². The Kier molecular flexibility index (Phi) is 3.62. The molecule has 4 heteroatoms. The topological polar surface area (TPSA) is 42.0 Å². The summed E-state index contributed by atoms with van der Waals surface area (Å²) in [4.78, 5) is 17.2. The normalized spacial score (nSPS) is 15.5. The van der Waals surface area contributed by atoms with Crippen LogP contribution in [0.1, 0.15) is 23.4 Å². The Morgan fingerprint density at radius 2 is 1.83 bits per heavy atom. The molecule has 1 aliphatic carbocycles. The molecular weight excluding hydrogens is 304 g/mol. The second-order valence-corrected chi connectivity index (χ2v) is 7.14. The number of aromatic nitrogens is 1. The molecule has 1 aromatic heterocycles. The van der Waals surface area contributed by atoms with Gasteiger partial charge in [0.05, 0.1) is 20.6 Å². The van der Waals surface area contributed by atoms with Gasteiger partial charge in [0.2, 0.25) is 5.91 Å². The van der Waals surface area contributed by atoms with Crippen LogP contribution in [0, 0.1) is 0 Å². The number of thiazole rings is 1. The summed E-state index contributed by atoms with van der Waals surface area (Å²) in [6.07, 6.45) is 2.68. The molecule has 1 heterocycles. The number of carbonyl (C=O) groups is 1. The standard InChI is InChI=1S/C19H18N2OS/c22-18(19(11-12-19)14-6-2-1-3-7-14)20-13-10-17-21-15-8-4-5-9-16(15)23-17/h1-9H,10-13H2,(H,20,22). The van der Waals surface area contributed by atoms with Crippen molar-refractivity contribution in [3.05, 3.63) is 65.2 Å². The van der Waals surface area contributed by atoms with Crippen molar-refractivity contribution in [2.45, 2.75) is 24.7 Å². The molecule has 0 aliphatic heterocycles. The van der Waals surface area contributed by atoms with E-state index >= 15 is 0 Å². The van der Waals surface area contributed by atoms with E-state index in [1.165, 1.54) is 4.70 Å². The van der Waals surface area contributed by atoms with Gasteiger partial charge < -0.3 is 5.32 Å². The van der Waals surface area contributed by atoms with E-state index in [0.29, 0.717) is 6.54 Å². The van der Waals surface area contributed by atoms with Crippen LogP contribution < -0.4 is 5.32 Å². The summed E-state index contributed by atoms with van der Waals surface area (Å²) in [7, 11) is 0. The highest BCUT2D eigenvalue weighted by Crippen LogP contribution is 2.48. The van der Waals surface area contributed by atoms with E-state index in [1.54, 1.807) is 11.3 Å². The number of hydrogen-bond acceptors (Lipinski definition) is 3. The fourth-order valence-corrected chi connectivity index (χ4v) is 3.97. The first-order valence-corrected chi connectivity index (χ1v) is 8.78. The average molecular weight is 322 g/mol.